The number of rotatable bonds is 4. The molecule has 1 nitrogen and oxygen atoms in total. The minimum atomic E-state index is -0.837. The number of Topliss-reactive ketones (excluding diaryl/α,β-unsaturated/α-hetero) is 1. The molecule has 4 aliphatic rings. The van der Waals surface area contributed by atoms with Gasteiger partial charge in [0, 0.05) is 0 Å². The highest BCUT2D eigenvalue weighted by atomic mass is 19.1. The van der Waals surface area contributed by atoms with Gasteiger partial charge >= 0.3 is 0 Å². The topological polar surface area (TPSA) is 17.1 Å². The van der Waals surface area contributed by atoms with Gasteiger partial charge in [-0.1, -0.05) is 46.0 Å². The van der Waals surface area contributed by atoms with E-state index in [0.717, 1.165) is 75.0 Å². The molecule has 27 heavy (non-hydrogen) atoms. The average Bonchev–Trinajstić information content (AvgIpc) is 2.74. The van der Waals surface area contributed by atoms with Crippen LogP contribution >= 0.6 is 0 Å². The van der Waals surface area contributed by atoms with E-state index in [2.05, 4.69) is 13.8 Å². The Morgan fingerprint density at radius 1 is 0.778 bits per heavy atom. The van der Waals surface area contributed by atoms with E-state index >= 15 is 4.39 Å². The van der Waals surface area contributed by atoms with E-state index in [4.69, 9.17) is 0 Å². The maximum absolute atomic E-state index is 15.6. The van der Waals surface area contributed by atoms with Crippen molar-refractivity contribution >= 4 is 5.78 Å². The Hall–Kier alpha value is -0.400. The normalized spacial score (nSPS) is 48.0. The van der Waals surface area contributed by atoms with Gasteiger partial charge in [-0.25, -0.2) is 4.39 Å². The number of halogens is 1. The van der Waals surface area contributed by atoms with Crippen molar-refractivity contribution in [3.63, 3.8) is 0 Å². The average molecular weight is 377 g/mol. The monoisotopic (exact) mass is 376 g/mol. The number of ketones is 1. The van der Waals surface area contributed by atoms with Crippen molar-refractivity contribution in [2.24, 2.45) is 34.5 Å². The van der Waals surface area contributed by atoms with E-state index in [9.17, 15) is 4.79 Å². The van der Waals surface area contributed by atoms with Crippen LogP contribution in [0.4, 0.5) is 4.39 Å². The van der Waals surface area contributed by atoms with Crippen molar-refractivity contribution in [3.05, 3.63) is 0 Å². The quantitative estimate of drug-likeness (QED) is 0.504. The summed E-state index contributed by atoms with van der Waals surface area (Å²) in [4.78, 5) is 13.3. The van der Waals surface area contributed by atoms with Crippen LogP contribution in [-0.4, -0.2) is 12.0 Å². The minimum absolute atomic E-state index is 0.349. The van der Waals surface area contributed by atoms with Crippen molar-refractivity contribution in [1.82, 2.24) is 0 Å². The Morgan fingerprint density at radius 2 is 1.30 bits per heavy atom. The predicted molar refractivity (Wildman–Crippen MR) is 109 cm³/mol. The molecule has 0 aromatic carbocycles. The Morgan fingerprint density at radius 3 is 1.78 bits per heavy atom. The number of alkyl halides is 1. The number of hydrogen-bond acceptors (Lipinski definition) is 1. The fourth-order valence-corrected chi connectivity index (χ4v) is 7.72. The van der Waals surface area contributed by atoms with Crippen LogP contribution in [0.15, 0.2) is 0 Å². The fourth-order valence-electron chi connectivity index (χ4n) is 7.72. The zero-order valence-corrected chi connectivity index (χ0v) is 17.8. The lowest BCUT2D eigenvalue weighted by molar-refractivity contribution is -0.194. The summed E-state index contributed by atoms with van der Waals surface area (Å²) < 4.78 is 15.6. The summed E-state index contributed by atoms with van der Waals surface area (Å²) >= 11 is 0. The molecule has 4 rings (SSSR count). The van der Waals surface area contributed by atoms with Crippen molar-refractivity contribution in [2.45, 2.75) is 116 Å². The van der Waals surface area contributed by atoms with Gasteiger partial charge in [-0.2, -0.15) is 0 Å². The molecule has 0 aromatic rings. The number of carbonyl (C=O) groups is 1. The standard InChI is InChI=1S/C25H41FO/c1-3-5-19-6-8-20(9-7-19)21-12-16-25(17-13-21)22(26)24(23(25)27)14-10-18(4-2)11-15-24/h18-22H,3-17H2,1-2H3/t18?,19?,20?,21?,22-,24-,25-/m1/s1. The SMILES string of the molecule is CCCC1CCC(C2CC[C@]3(CC2)C(=O)[C@@]2(CCC(CC)CC2)[C@H]3F)CC1. The van der Waals surface area contributed by atoms with Crippen LogP contribution in [0.5, 0.6) is 0 Å². The highest BCUT2D eigenvalue weighted by molar-refractivity contribution is 5.98. The lowest BCUT2D eigenvalue weighted by Crippen LogP contribution is -2.69. The third kappa shape index (κ3) is 3.21. The van der Waals surface area contributed by atoms with Crippen LogP contribution in [0.25, 0.3) is 0 Å². The van der Waals surface area contributed by atoms with Crippen molar-refractivity contribution in [3.8, 4) is 0 Å². The third-order valence-corrected chi connectivity index (χ3v) is 9.63. The molecule has 0 saturated heterocycles. The number of carbonyl (C=O) groups excluding carboxylic acids is 1. The van der Waals surface area contributed by atoms with Crippen molar-refractivity contribution < 1.29 is 9.18 Å². The molecule has 0 unspecified atom stereocenters. The number of hydrogen-bond donors (Lipinski definition) is 0. The van der Waals surface area contributed by atoms with Crippen molar-refractivity contribution in [2.75, 3.05) is 0 Å². The van der Waals surface area contributed by atoms with Gasteiger partial charge < -0.3 is 0 Å². The van der Waals surface area contributed by atoms with Gasteiger partial charge in [0.25, 0.3) is 0 Å². The first-order chi connectivity index (χ1) is 13.1. The van der Waals surface area contributed by atoms with Gasteiger partial charge in [0.2, 0.25) is 0 Å². The fraction of sp³-hybridized carbons (Fsp3) is 0.960. The van der Waals surface area contributed by atoms with Gasteiger partial charge in [-0.15, -0.1) is 0 Å². The molecular formula is C25H41FO. The summed E-state index contributed by atoms with van der Waals surface area (Å²) in [5.74, 6) is 3.67. The highest BCUT2D eigenvalue weighted by Crippen LogP contribution is 2.66. The molecule has 0 heterocycles. The van der Waals surface area contributed by atoms with Crippen LogP contribution in [-0.2, 0) is 4.79 Å². The predicted octanol–water partition coefficient (Wildman–Crippen LogP) is 7.28. The molecule has 0 aliphatic heterocycles. The van der Waals surface area contributed by atoms with Crippen molar-refractivity contribution in [1.29, 1.82) is 0 Å². The van der Waals surface area contributed by atoms with Crippen LogP contribution in [0.2, 0.25) is 0 Å². The molecule has 0 radical (unpaired) electrons. The molecule has 0 bridgehead atoms. The van der Waals surface area contributed by atoms with E-state index in [1.807, 2.05) is 0 Å². The molecule has 0 aromatic heterocycles. The first-order valence-electron chi connectivity index (χ1n) is 12.2. The van der Waals surface area contributed by atoms with E-state index in [1.165, 1.54) is 44.9 Å². The zero-order valence-electron chi connectivity index (χ0n) is 17.8. The zero-order chi connectivity index (χ0) is 19.1. The maximum atomic E-state index is 15.6. The summed E-state index contributed by atoms with van der Waals surface area (Å²) in [5.41, 5.74) is -1.12. The van der Waals surface area contributed by atoms with E-state index < -0.39 is 17.0 Å². The maximum Gasteiger partial charge on any atom is 0.151 e. The molecule has 154 valence electrons. The molecule has 4 saturated carbocycles. The largest absolute Gasteiger partial charge is 0.298 e. The molecule has 4 aliphatic carbocycles. The highest BCUT2D eigenvalue weighted by Gasteiger charge is 2.71. The Labute approximate surface area is 166 Å². The van der Waals surface area contributed by atoms with Gasteiger partial charge in [-0.05, 0) is 87.9 Å². The second kappa shape index (κ2) is 7.79. The lowest BCUT2D eigenvalue weighted by atomic mass is 9.41. The molecule has 0 N–H and O–H groups in total. The molecule has 1 atom stereocenters. The van der Waals surface area contributed by atoms with Crippen LogP contribution in [0.3, 0.4) is 0 Å². The second-order valence-electron chi connectivity index (χ2n) is 10.8. The summed E-state index contributed by atoms with van der Waals surface area (Å²) in [6.45, 7) is 4.54. The summed E-state index contributed by atoms with van der Waals surface area (Å²) in [6, 6.07) is 0. The van der Waals surface area contributed by atoms with Gasteiger partial charge in [0.05, 0.1) is 10.8 Å². The summed E-state index contributed by atoms with van der Waals surface area (Å²) in [5, 5.41) is 0. The minimum Gasteiger partial charge on any atom is -0.298 e. The van der Waals surface area contributed by atoms with Crippen LogP contribution in [0.1, 0.15) is 110 Å². The molecule has 0 amide bonds. The van der Waals surface area contributed by atoms with E-state index in [0.29, 0.717) is 5.78 Å². The van der Waals surface area contributed by atoms with Gasteiger partial charge in [-0.3, -0.25) is 4.79 Å². The van der Waals surface area contributed by atoms with E-state index in [1.54, 1.807) is 0 Å². The Balaban J connectivity index is 1.31. The first kappa shape index (κ1) is 19.9. The lowest BCUT2D eigenvalue weighted by Gasteiger charge is -2.61. The van der Waals surface area contributed by atoms with Gasteiger partial charge in [0.1, 0.15) is 6.17 Å². The molecular weight excluding hydrogens is 335 g/mol. The van der Waals surface area contributed by atoms with Crippen LogP contribution in [0, 0.1) is 34.5 Å². The molecule has 2 heteroatoms. The molecule has 4 fully saturated rings. The Kier molecular flexibility index (Phi) is 5.74. The summed E-state index contributed by atoms with van der Waals surface area (Å²) in [6.07, 6.45) is 16.4. The molecule has 2 spiro atoms. The van der Waals surface area contributed by atoms with Gasteiger partial charge in [0.15, 0.2) is 5.78 Å². The van der Waals surface area contributed by atoms with Crippen LogP contribution < -0.4 is 0 Å². The van der Waals surface area contributed by atoms with E-state index in [-0.39, 0.29) is 0 Å². The first-order valence-corrected chi connectivity index (χ1v) is 12.2. The third-order valence-electron chi connectivity index (χ3n) is 9.63. The Bertz CT molecular complexity index is 516. The smallest absolute Gasteiger partial charge is 0.151 e. The summed E-state index contributed by atoms with van der Waals surface area (Å²) in [7, 11) is 0. The second-order valence-corrected chi connectivity index (χ2v) is 10.8.